The number of nitrogens with one attached hydrogen (secondary N) is 7. The van der Waals surface area contributed by atoms with E-state index in [1.54, 1.807) is 82.6 Å². The van der Waals surface area contributed by atoms with E-state index in [0.717, 1.165) is 78.6 Å². The minimum atomic E-state index is -1.38. The number of H-pyrrole nitrogens is 1. The maximum atomic E-state index is 14.5. The number of carbonyl (C=O) groups is 3. The number of amides is 3. The van der Waals surface area contributed by atoms with Crippen LogP contribution in [0.15, 0.2) is 176 Å². The molecule has 546 valence electrons. The van der Waals surface area contributed by atoms with Crippen LogP contribution in [0.3, 0.4) is 0 Å². The molecule has 0 fully saturated rings. The summed E-state index contributed by atoms with van der Waals surface area (Å²) in [4.78, 5) is 99.3. The van der Waals surface area contributed by atoms with Crippen molar-refractivity contribution >= 4 is 108 Å². The van der Waals surface area contributed by atoms with Gasteiger partial charge in [0.05, 0.1) is 57.4 Å². The molecule has 12 rings (SSSR count). The van der Waals surface area contributed by atoms with Gasteiger partial charge in [-0.1, -0.05) is 89.2 Å². The van der Waals surface area contributed by atoms with Crippen LogP contribution in [0.2, 0.25) is 0 Å². The number of pyridine rings is 6. The van der Waals surface area contributed by atoms with Crippen LogP contribution in [0.5, 0.6) is 5.75 Å². The molecule has 3 amide bonds. The highest BCUT2D eigenvalue weighted by atomic mass is 32.1. The van der Waals surface area contributed by atoms with Gasteiger partial charge in [-0.2, -0.15) is 40.5 Å². The standard InChI is InChI=1S/C27H30N6O.C26H27FN6O2.C24H24N6O3.3H2S/c1-17(2)12-20-9-8-19(15-30-20)24-13-25(33-16-32-24)31-14-18(3)21-6-5-7-22-23(27(34)28-4)10-11-29-26(21)22;1-15(17-6-5-7-18-19(25(34)28-4)8-9-29-23(17)18)12-30-22-11-21(32-14-33-22)16-10-20(27)24(31-13-16)26(2,3)35;1-14(16-5-4-6-17-18(23(31)25-2)7-8-26-22(16)17)11-27-21-10-19(29-13-30-21)15-9-20(33-3)24(32)28-12-15;;;/h5-11,13,15-18H,12,14H2,1-4H3,(H,28,34)(H,31,32,33);5-11,13-15,35H,12H2,1-4H3,(H,28,34)(H,30,32,33);4-10,12-14H,11H2,1-3H3,(H,25,31)(H,28,32)(H,27,29,30);3*1H2/t18-;15-;14-;;;/m111.../s1. The second-order valence-electron chi connectivity index (χ2n) is 25.3. The first-order valence-electron chi connectivity index (χ1n) is 33.2. The maximum absolute atomic E-state index is 14.5. The largest absolute Gasteiger partial charge is 0.491 e. The molecular formula is C77H87FN18O6S3. The van der Waals surface area contributed by atoms with Crippen molar-refractivity contribution in [1.82, 2.24) is 75.8 Å². The summed E-state index contributed by atoms with van der Waals surface area (Å²) in [5.41, 5.74) is 10.9. The number of halogens is 1. The third-order valence-corrected chi connectivity index (χ3v) is 17.0. The van der Waals surface area contributed by atoms with Gasteiger partial charge in [0.15, 0.2) is 5.75 Å². The Kier molecular flexibility index (Phi) is 28.9. The van der Waals surface area contributed by atoms with Gasteiger partial charge in [0, 0.05) is 152 Å². The van der Waals surface area contributed by atoms with Crippen molar-refractivity contribution in [2.75, 3.05) is 63.8 Å². The molecule has 9 heterocycles. The lowest BCUT2D eigenvalue weighted by atomic mass is 9.96. The van der Waals surface area contributed by atoms with Gasteiger partial charge in [-0.05, 0) is 85.3 Å². The minimum Gasteiger partial charge on any atom is -0.491 e. The molecule has 28 heteroatoms. The Bertz CT molecular complexity index is 5050. The van der Waals surface area contributed by atoms with Gasteiger partial charge in [0.2, 0.25) is 0 Å². The fourth-order valence-corrected chi connectivity index (χ4v) is 11.6. The van der Waals surface area contributed by atoms with E-state index in [4.69, 9.17) is 4.74 Å². The Labute approximate surface area is 629 Å². The first kappa shape index (κ1) is 81.2. The maximum Gasteiger partial charge on any atom is 0.290 e. The zero-order valence-corrected chi connectivity index (χ0v) is 63.1. The van der Waals surface area contributed by atoms with E-state index in [2.05, 4.69) is 145 Å². The van der Waals surface area contributed by atoms with Crippen LogP contribution in [-0.2, 0) is 12.0 Å². The molecule has 0 bridgehead atoms. The van der Waals surface area contributed by atoms with Crippen LogP contribution in [0.1, 0.15) is 125 Å². The zero-order valence-electron chi connectivity index (χ0n) is 60.1. The van der Waals surface area contributed by atoms with Gasteiger partial charge in [0.1, 0.15) is 53.5 Å². The molecule has 105 heavy (non-hydrogen) atoms. The number of nitrogens with zero attached hydrogens (tertiary/aromatic N) is 11. The normalized spacial score (nSPS) is 11.7. The molecule has 3 aromatic carbocycles. The van der Waals surface area contributed by atoms with Crippen molar-refractivity contribution < 1.29 is 28.6 Å². The predicted octanol–water partition coefficient (Wildman–Crippen LogP) is 12.2. The van der Waals surface area contributed by atoms with Gasteiger partial charge < -0.3 is 46.7 Å². The molecule has 3 atom stereocenters. The van der Waals surface area contributed by atoms with Gasteiger partial charge in [-0.15, -0.1) is 0 Å². The number of fused-ring (bicyclic) bond motifs is 3. The van der Waals surface area contributed by atoms with Crippen molar-refractivity contribution in [2.24, 2.45) is 5.92 Å². The van der Waals surface area contributed by atoms with Crippen LogP contribution in [0.25, 0.3) is 66.5 Å². The van der Waals surface area contributed by atoms with E-state index in [1.165, 1.54) is 45.9 Å². The van der Waals surface area contributed by atoms with Crippen LogP contribution in [0, 0.1) is 11.7 Å². The lowest BCUT2D eigenvalue weighted by Crippen LogP contribution is -2.19. The van der Waals surface area contributed by atoms with E-state index >= 15 is 0 Å². The average molecular weight is 1480 g/mol. The molecule has 0 aliphatic heterocycles. The predicted molar refractivity (Wildman–Crippen MR) is 426 cm³/mol. The number of aliphatic hydroxyl groups is 1. The number of aromatic amines is 1. The second-order valence-corrected chi connectivity index (χ2v) is 25.3. The Morgan fingerprint density at radius 1 is 0.505 bits per heavy atom. The van der Waals surface area contributed by atoms with E-state index in [9.17, 15) is 28.7 Å². The van der Waals surface area contributed by atoms with Crippen LogP contribution in [0.4, 0.5) is 21.8 Å². The Hall–Kier alpha value is -11.1. The summed E-state index contributed by atoms with van der Waals surface area (Å²) in [6.07, 6.45) is 15.3. The van der Waals surface area contributed by atoms with Crippen molar-refractivity contribution in [2.45, 2.75) is 78.2 Å². The highest BCUT2D eigenvalue weighted by Crippen LogP contribution is 2.32. The summed E-state index contributed by atoms with van der Waals surface area (Å²) >= 11 is 0. The number of carbonyl (C=O) groups excluding carboxylic acids is 3. The van der Waals surface area contributed by atoms with Crippen LogP contribution in [-0.4, -0.2) is 131 Å². The number of hydrogen-bond acceptors (Lipinski definition) is 20. The Balaban J connectivity index is 0.000000217. The molecule has 12 aromatic rings. The molecular weight excluding hydrogens is 1390 g/mol. The fraction of sp³-hybridized carbons (Fsp3) is 0.260. The fourth-order valence-electron chi connectivity index (χ4n) is 11.6. The first-order chi connectivity index (χ1) is 49.2. The SMILES string of the molecule is CNC(=O)c1ccnc2c([C@H](C)CNc3cc(-c4c[nH]c(=O)c(OC)c4)ncn3)cccc12.CNC(=O)c1ccnc2c([C@H](C)CNc3cc(-c4ccc(CC(C)C)nc4)ncn3)cccc12.CNC(=O)c1ccnc2c([C@H](C)CNc3cc(-c4cnc(C(C)(C)O)c(F)c4)ncn3)cccc12.S.S.S. The number of ether oxygens (including phenoxy) is 1. The van der Waals surface area contributed by atoms with E-state index in [0.29, 0.717) is 76.4 Å². The molecule has 0 spiro atoms. The number of hydrogen-bond donors (Lipinski definition) is 8. The molecule has 0 unspecified atom stereocenters. The monoisotopic (exact) mass is 1470 g/mol. The summed E-state index contributed by atoms with van der Waals surface area (Å²) in [6.45, 7) is 15.4. The number of aromatic nitrogens is 12. The molecule has 0 saturated carbocycles. The average Bonchev–Trinajstić information content (AvgIpc) is 0.780. The molecule has 0 aliphatic rings. The smallest absolute Gasteiger partial charge is 0.290 e. The second kappa shape index (κ2) is 37.4. The molecule has 9 aromatic heterocycles. The van der Waals surface area contributed by atoms with E-state index < -0.39 is 11.4 Å². The summed E-state index contributed by atoms with van der Waals surface area (Å²) in [7, 11) is 6.30. The van der Waals surface area contributed by atoms with Crippen molar-refractivity contribution in [3.8, 4) is 39.5 Å². The van der Waals surface area contributed by atoms with Gasteiger partial charge >= 0.3 is 0 Å². The number of benzene rings is 3. The molecule has 24 nitrogen and oxygen atoms in total. The highest BCUT2D eigenvalue weighted by molar-refractivity contribution is 7.59. The van der Waals surface area contributed by atoms with Gasteiger partial charge in [0.25, 0.3) is 23.3 Å². The molecule has 8 N–H and O–H groups in total. The lowest BCUT2D eigenvalue weighted by molar-refractivity contribution is 0.0694. The Morgan fingerprint density at radius 2 is 0.905 bits per heavy atom. The number of rotatable bonds is 22. The van der Waals surface area contributed by atoms with Crippen molar-refractivity contribution in [3.63, 3.8) is 0 Å². The molecule has 0 aliphatic carbocycles. The van der Waals surface area contributed by atoms with Crippen molar-refractivity contribution in [3.05, 3.63) is 232 Å². The Morgan fingerprint density at radius 3 is 1.27 bits per heavy atom. The summed E-state index contributed by atoms with van der Waals surface area (Å²) < 4.78 is 19.6. The van der Waals surface area contributed by atoms with Crippen LogP contribution >= 0.6 is 40.5 Å². The molecule has 0 radical (unpaired) electrons. The number of para-hydroxylation sites is 3. The first-order valence-corrected chi connectivity index (χ1v) is 33.2. The topological polar surface area (TPSA) is 327 Å². The number of anilines is 3. The third kappa shape index (κ3) is 20.0. The third-order valence-electron chi connectivity index (χ3n) is 17.0. The lowest BCUT2D eigenvalue weighted by Gasteiger charge is -2.18. The summed E-state index contributed by atoms with van der Waals surface area (Å²) in [5.74, 6) is 2.04. The van der Waals surface area contributed by atoms with Gasteiger partial charge in [-0.25, -0.2) is 34.3 Å². The zero-order chi connectivity index (χ0) is 72.6. The quantitative estimate of drug-likeness (QED) is 0.0312. The highest BCUT2D eigenvalue weighted by Gasteiger charge is 2.24. The van der Waals surface area contributed by atoms with Crippen molar-refractivity contribution in [1.29, 1.82) is 0 Å². The summed E-state index contributed by atoms with van der Waals surface area (Å²) in [5, 5.41) is 30.6. The van der Waals surface area contributed by atoms with Crippen LogP contribution < -0.4 is 42.2 Å². The summed E-state index contributed by atoms with van der Waals surface area (Å²) in [6, 6.07) is 35.4. The van der Waals surface area contributed by atoms with E-state index in [1.807, 2.05) is 66.9 Å². The minimum absolute atomic E-state index is 0. The van der Waals surface area contributed by atoms with Gasteiger partial charge in [-0.3, -0.25) is 44.1 Å². The molecule has 0 saturated heterocycles. The number of methoxy groups -OCH3 is 1. The van der Waals surface area contributed by atoms with E-state index in [-0.39, 0.29) is 93.0 Å².